The average Bonchev–Trinajstić information content (AvgIpc) is 2.34. The second-order valence-corrected chi connectivity index (χ2v) is 3.96. The number of unbranched alkanes of at least 4 members (excludes halogenated alkanes) is 1. The number of nitrogens with one attached hydrogen (secondary N) is 1. The topological polar surface area (TPSA) is 110 Å². The molecule has 7 nitrogen and oxygen atoms in total. The number of non-ortho nitro benzene ring substituents is 1. The first-order valence-corrected chi connectivity index (χ1v) is 5.75. The summed E-state index contributed by atoms with van der Waals surface area (Å²) in [4.78, 5) is 31.8. The lowest BCUT2D eigenvalue weighted by Gasteiger charge is -2.04. The number of hydrogen-bond acceptors (Lipinski definition) is 4. The van der Waals surface area contributed by atoms with Crippen molar-refractivity contribution in [3.63, 3.8) is 0 Å². The Morgan fingerprint density at radius 1 is 1.26 bits per heavy atom. The molecule has 0 spiro atoms. The van der Waals surface area contributed by atoms with Gasteiger partial charge in [0.05, 0.1) is 4.92 Å². The molecule has 0 bridgehead atoms. The number of rotatable bonds is 7. The van der Waals surface area contributed by atoms with Crippen molar-refractivity contribution < 1.29 is 19.6 Å². The van der Waals surface area contributed by atoms with E-state index in [4.69, 9.17) is 5.11 Å². The maximum Gasteiger partial charge on any atom is 0.303 e. The maximum absolute atomic E-state index is 11.5. The second-order valence-electron chi connectivity index (χ2n) is 3.96. The third-order valence-corrected chi connectivity index (χ3v) is 2.39. The van der Waals surface area contributed by atoms with Gasteiger partial charge in [0, 0.05) is 30.7 Å². The van der Waals surface area contributed by atoms with Crippen LogP contribution in [0.4, 0.5) is 11.4 Å². The van der Waals surface area contributed by atoms with E-state index in [1.807, 2.05) is 0 Å². The van der Waals surface area contributed by atoms with Crippen LogP contribution in [-0.2, 0) is 9.59 Å². The Hall–Kier alpha value is -2.44. The van der Waals surface area contributed by atoms with E-state index in [0.29, 0.717) is 18.5 Å². The molecule has 0 radical (unpaired) electrons. The molecule has 0 aromatic heterocycles. The summed E-state index contributed by atoms with van der Waals surface area (Å²) in [6, 6.07) is 5.65. The minimum absolute atomic E-state index is 0.0318. The van der Waals surface area contributed by atoms with Gasteiger partial charge in [-0.2, -0.15) is 0 Å². The molecule has 0 aliphatic rings. The van der Waals surface area contributed by atoms with Gasteiger partial charge in [-0.1, -0.05) is 6.07 Å². The van der Waals surface area contributed by atoms with E-state index in [1.54, 1.807) is 6.07 Å². The Labute approximate surface area is 109 Å². The van der Waals surface area contributed by atoms with E-state index in [-0.39, 0.29) is 24.4 Å². The second kappa shape index (κ2) is 7.10. The molecule has 0 saturated heterocycles. The molecule has 0 aliphatic carbocycles. The lowest BCUT2D eigenvalue weighted by Crippen LogP contribution is -2.11. The Kier molecular flexibility index (Phi) is 5.46. The largest absolute Gasteiger partial charge is 0.481 e. The van der Waals surface area contributed by atoms with Crippen molar-refractivity contribution in [2.24, 2.45) is 0 Å². The van der Waals surface area contributed by atoms with E-state index >= 15 is 0 Å². The summed E-state index contributed by atoms with van der Waals surface area (Å²) in [6.45, 7) is 0. The van der Waals surface area contributed by atoms with Gasteiger partial charge in [0.2, 0.25) is 5.91 Å². The third-order valence-electron chi connectivity index (χ3n) is 2.39. The minimum atomic E-state index is -0.890. The zero-order valence-electron chi connectivity index (χ0n) is 10.2. The molecule has 1 rings (SSSR count). The van der Waals surface area contributed by atoms with Gasteiger partial charge < -0.3 is 10.4 Å². The fourth-order valence-electron chi connectivity index (χ4n) is 1.48. The molecule has 7 heteroatoms. The van der Waals surface area contributed by atoms with Crippen molar-refractivity contribution >= 4 is 23.3 Å². The van der Waals surface area contributed by atoms with Crippen LogP contribution in [0.1, 0.15) is 25.7 Å². The Morgan fingerprint density at radius 3 is 2.58 bits per heavy atom. The monoisotopic (exact) mass is 266 g/mol. The number of hydrogen-bond donors (Lipinski definition) is 2. The number of anilines is 1. The molecule has 0 unspecified atom stereocenters. The van der Waals surface area contributed by atoms with Crippen LogP contribution in [0.3, 0.4) is 0 Å². The Balaban J connectivity index is 2.42. The molecule has 1 amide bonds. The lowest BCUT2D eigenvalue weighted by molar-refractivity contribution is -0.384. The van der Waals surface area contributed by atoms with Crippen LogP contribution in [0, 0.1) is 10.1 Å². The van der Waals surface area contributed by atoms with Crippen molar-refractivity contribution in [2.45, 2.75) is 25.7 Å². The number of nitrogens with zero attached hydrogens (tertiary/aromatic N) is 1. The highest BCUT2D eigenvalue weighted by Crippen LogP contribution is 2.17. The third kappa shape index (κ3) is 5.62. The number of nitro groups is 1. The maximum atomic E-state index is 11.5. The number of amides is 1. The number of nitro benzene ring substituents is 1. The number of carbonyl (C=O) groups excluding carboxylic acids is 1. The number of carboxylic acids is 1. The van der Waals surface area contributed by atoms with E-state index in [1.165, 1.54) is 18.2 Å². The van der Waals surface area contributed by atoms with Crippen molar-refractivity contribution in [1.29, 1.82) is 0 Å². The predicted octanol–water partition coefficient (Wildman–Crippen LogP) is 2.18. The summed E-state index contributed by atoms with van der Waals surface area (Å²) >= 11 is 0. The molecule has 2 N–H and O–H groups in total. The van der Waals surface area contributed by atoms with Gasteiger partial charge in [-0.05, 0) is 18.9 Å². The summed E-state index contributed by atoms with van der Waals surface area (Å²) in [5.74, 6) is -1.18. The van der Waals surface area contributed by atoms with Gasteiger partial charge in [0.25, 0.3) is 5.69 Å². The van der Waals surface area contributed by atoms with E-state index in [0.717, 1.165) is 0 Å². The summed E-state index contributed by atoms with van der Waals surface area (Å²) in [5.41, 5.74) is 0.265. The number of carbonyl (C=O) groups is 2. The number of aliphatic carboxylic acids is 1. The van der Waals surface area contributed by atoms with Crippen LogP contribution < -0.4 is 5.32 Å². The SMILES string of the molecule is O=C(O)CCCCC(=O)Nc1cccc([N+](=O)[O-])c1. The fourth-order valence-corrected chi connectivity index (χ4v) is 1.48. The summed E-state index contributed by atoms with van der Waals surface area (Å²) in [7, 11) is 0. The molecule has 0 saturated carbocycles. The molecule has 1 aromatic rings. The zero-order valence-corrected chi connectivity index (χ0v) is 10.2. The van der Waals surface area contributed by atoms with Crippen molar-refractivity contribution in [3.8, 4) is 0 Å². The van der Waals surface area contributed by atoms with E-state index in [2.05, 4.69) is 5.32 Å². The number of carboxylic acid groups (broad SMARTS) is 1. The minimum Gasteiger partial charge on any atom is -0.481 e. The fraction of sp³-hybridized carbons (Fsp3) is 0.333. The smallest absolute Gasteiger partial charge is 0.303 e. The van der Waals surface area contributed by atoms with Crippen molar-refractivity contribution in [2.75, 3.05) is 5.32 Å². The summed E-state index contributed by atoms with van der Waals surface area (Å²) < 4.78 is 0. The first-order valence-electron chi connectivity index (χ1n) is 5.75. The summed E-state index contributed by atoms with van der Waals surface area (Å²) in [5, 5.41) is 21.5. The van der Waals surface area contributed by atoms with Gasteiger partial charge in [0.1, 0.15) is 0 Å². The predicted molar refractivity (Wildman–Crippen MR) is 67.8 cm³/mol. The van der Waals surface area contributed by atoms with Gasteiger partial charge in [-0.25, -0.2) is 0 Å². The molecule has 19 heavy (non-hydrogen) atoms. The molecule has 0 aliphatic heterocycles. The zero-order chi connectivity index (χ0) is 14.3. The van der Waals surface area contributed by atoms with Gasteiger partial charge in [0.15, 0.2) is 0 Å². The van der Waals surface area contributed by atoms with Crippen molar-refractivity contribution in [1.82, 2.24) is 0 Å². The Bertz CT molecular complexity index is 487. The van der Waals surface area contributed by atoms with Gasteiger partial charge in [-0.15, -0.1) is 0 Å². The van der Waals surface area contributed by atoms with Crippen LogP contribution >= 0.6 is 0 Å². The van der Waals surface area contributed by atoms with Crippen LogP contribution in [-0.4, -0.2) is 21.9 Å². The highest BCUT2D eigenvalue weighted by Gasteiger charge is 2.08. The molecule has 102 valence electrons. The average molecular weight is 266 g/mol. The first kappa shape index (κ1) is 14.6. The molecule has 0 heterocycles. The molecule has 1 aromatic carbocycles. The standard InChI is InChI=1S/C12H14N2O5/c15-11(6-1-2-7-12(16)17)13-9-4-3-5-10(8-9)14(18)19/h3-5,8H,1-2,6-7H2,(H,13,15)(H,16,17). The first-order chi connectivity index (χ1) is 8.99. The highest BCUT2D eigenvalue weighted by atomic mass is 16.6. The Morgan fingerprint density at radius 2 is 1.95 bits per heavy atom. The van der Waals surface area contributed by atoms with Crippen LogP contribution in [0.15, 0.2) is 24.3 Å². The van der Waals surface area contributed by atoms with Crippen LogP contribution in [0.25, 0.3) is 0 Å². The van der Waals surface area contributed by atoms with Gasteiger partial charge >= 0.3 is 5.97 Å². The summed E-state index contributed by atoms with van der Waals surface area (Å²) in [6.07, 6.45) is 1.12. The quantitative estimate of drug-likeness (QED) is 0.446. The lowest BCUT2D eigenvalue weighted by atomic mass is 10.2. The molecule has 0 atom stereocenters. The van der Waals surface area contributed by atoms with Gasteiger partial charge in [-0.3, -0.25) is 19.7 Å². The van der Waals surface area contributed by atoms with E-state index in [9.17, 15) is 19.7 Å². The normalized spacial score (nSPS) is 9.89. The van der Waals surface area contributed by atoms with Crippen LogP contribution in [0.5, 0.6) is 0 Å². The van der Waals surface area contributed by atoms with E-state index < -0.39 is 10.9 Å². The number of benzene rings is 1. The molecule has 0 fully saturated rings. The van der Waals surface area contributed by atoms with Crippen molar-refractivity contribution in [3.05, 3.63) is 34.4 Å². The van der Waals surface area contributed by atoms with Crippen LogP contribution in [0.2, 0.25) is 0 Å². The molecular formula is C12H14N2O5. The molecular weight excluding hydrogens is 252 g/mol. The highest BCUT2D eigenvalue weighted by molar-refractivity contribution is 5.90.